The second-order valence-corrected chi connectivity index (χ2v) is 5.02. The van der Waals surface area contributed by atoms with Crippen LogP contribution in [0.2, 0.25) is 0 Å². The number of nitrogens with one attached hydrogen (secondary N) is 1. The molecule has 1 heterocycles. The van der Waals surface area contributed by atoms with Gasteiger partial charge in [-0.05, 0) is 18.8 Å². The van der Waals surface area contributed by atoms with Crippen molar-refractivity contribution >= 4 is 5.91 Å². The maximum Gasteiger partial charge on any atom is 0.271 e. The van der Waals surface area contributed by atoms with E-state index in [1.165, 1.54) is 31.7 Å². The van der Waals surface area contributed by atoms with Crippen LogP contribution in [0.25, 0.3) is 0 Å². The van der Waals surface area contributed by atoms with E-state index >= 15 is 0 Å². The topological polar surface area (TPSA) is 64.1 Å². The Balaban J connectivity index is 1.65. The Morgan fingerprint density at radius 2 is 2.26 bits per heavy atom. The molecule has 0 unspecified atom stereocenters. The Kier molecular flexibility index (Phi) is 5.27. The zero-order chi connectivity index (χ0) is 13.5. The van der Waals surface area contributed by atoms with Crippen LogP contribution in [0.15, 0.2) is 18.6 Å². The molecule has 1 amide bonds. The molecule has 1 aliphatic carbocycles. The van der Waals surface area contributed by atoms with E-state index in [9.17, 15) is 4.79 Å². The highest BCUT2D eigenvalue weighted by Crippen LogP contribution is 2.25. The summed E-state index contributed by atoms with van der Waals surface area (Å²) in [5.41, 5.74) is 0.341. The SMILES string of the molecule is C[C@H]1CCCC[C@@H]1OCCNC(=O)c1cnccn1. The molecule has 1 aliphatic rings. The number of hydrogen-bond donors (Lipinski definition) is 1. The minimum absolute atomic E-state index is 0.201. The summed E-state index contributed by atoms with van der Waals surface area (Å²) in [6.07, 6.45) is 9.81. The quantitative estimate of drug-likeness (QED) is 0.823. The van der Waals surface area contributed by atoms with Crippen molar-refractivity contribution in [2.24, 2.45) is 5.92 Å². The zero-order valence-electron chi connectivity index (χ0n) is 11.3. The molecule has 1 N–H and O–H groups in total. The number of ether oxygens (including phenoxy) is 1. The van der Waals surface area contributed by atoms with Gasteiger partial charge in [-0.1, -0.05) is 19.8 Å². The molecule has 1 aromatic heterocycles. The van der Waals surface area contributed by atoms with E-state index in [-0.39, 0.29) is 5.91 Å². The Labute approximate surface area is 113 Å². The van der Waals surface area contributed by atoms with Crippen LogP contribution < -0.4 is 5.32 Å². The second-order valence-electron chi connectivity index (χ2n) is 5.02. The fourth-order valence-corrected chi connectivity index (χ4v) is 2.41. The van der Waals surface area contributed by atoms with Gasteiger partial charge in [0.05, 0.1) is 18.9 Å². The van der Waals surface area contributed by atoms with Gasteiger partial charge in [-0.3, -0.25) is 9.78 Å². The molecule has 1 saturated carbocycles. The summed E-state index contributed by atoms with van der Waals surface area (Å²) >= 11 is 0. The lowest BCUT2D eigenvalue weighted by molar-refractivity contribution is -0.00295. The predicted octanol–water partition coefficient (Wildman–Crippen LogP) is 1.80. The zero-order valence-corrected chi connectivity index (χ0v) is 11.3. The van der Waals surface area contributed by atoms with Crippen LogP contribution in [0, 0.1) is 5.92 Å². The number of rotatable bonds is 5. The summed E-state index contributed by atoms with van der Waals surface area (Å²) in [5, 5.41) is 2.79. The second kappa shape index (κ2) is 7.19. The van der Waals surface area contributed by atoms with Crippen LogP contribution in [-0.4, -0.2) is 35.1 Å². The van der Waals surface area contributed by atoms with Crippen LogP contribution in [-0.2, 0) is 4.74 Å². The first kappa shape index (κ1) is 13.9. The molecule has 0 saturated heterocycles. The van der Waals surface area contributed by atoms with Crippen molar-refractivity contribution < 1.29 is 9.53 Å². The van der Waals surface area contributed by atoms with Gasteiger partial charge in [0.25, 0.3) is 5.91 Å². The molecule has 5 heteroatoms. The summed E-state index contributed by atoms with van der Waals surface area (Å²) in [6.45, 7) is 3.31. The van der Waals surface area contributed by atoms with Gasteiger partial charge in [0, 0.05) is 18.9 Å². The van der Waals surface area contributed by atoms with E-state index < -0.39 is 0 Å². The normalized spacial score (nSPS) is 23.0. The summed E-state index contributed by atoms with van der Waals surface area (Å²) in [6, 6.07) is 0. The van der Waals surface area contributed by atoms with Crippen LogP contribution in [0.5, 0.6) is 0 Å². The first-order chi connectivity index (χ1) is 9.27. The van der Waals surface area contributed by atoms with Crippen LogP contribution in [0.1, 0.15) is 43.1 Å². The Bertz CT molecular complexity index is 397. The van der Waals surface area contributed by atoms with Crippen LogP contribution in [0.4, 0.5) is 0 Å². The van der Waals surface area contributed by atoms with E-state index in [2.05, 4.69) is 22.2 Å². The molecule has 1 fully saturated rings. The smallest absolute Gasteiger partial charge is 0.271 e. The highest BCUT2D eigenvalue weighted by atomic mass is 16.5. The maximum absolute atomic E-state index is 11.7. The van der Waals surface area contributed by atoms with Crippen LogP contribution >= 0.6 is 0 Å². The minimum Gasteiger partial charge on any atom is -0.376 e. The lowest BCUT2D eigenvalue weighted by atomic mass is 9.88. The number of amides is 1. The standard InChI is InChI=1S/C14H21N3O2/c1-11-4-2-3-5-13(11)19-9-8-17-14(18)12-10-15-6-7-16-12/h6-7,10-11,13H,2-5,8-9H2,1H3,(H,17,18)/t11-,13-/m0/s1. The van der Waals surface area contributed by atoms with E-state index in [0.29, 0.717) is 30.9 Å². The molecular formula is C14H21N3O2. The summed E-state index contributed by atoms with van der Waals surface area (Å²) in [5.74, 6) is 0.429. The third kappa shape index (κ3) is 4.28. The van der Waals surface area contributed by atoms with Gasteiger partial charge in [-0.2, -0.15) is 0 Å². The van der Waals surface area contributed by atoms with E-state index in [1.54, 1.807) is 6.20 Å². The van der Waals surface area contributed by atoms with E-state index in [4.69, 9.17) is 4.74 Å². The Hall–Kier alpha value is -1.49. The first-order valence-electron chi connectivity index (χ1n) is 6.93. The van der Waals surface area contributed by atoms with Gasteiger partial charge in [0.2, 0.25) is 0 Å². The van der Waals surface area contributed by atoms with Gasteiger partial charge < -0.3 is 10.1 Å². The average molecular weight is 263 g/mol. The molecule has 0 aliphatic heterocycles. The fraction of sp³-hybridized carbons (Fsp3) is 0.643. The van der Waals surface area contributed by atoms with Gasteiger partial charge in [0.1, 0.15) is 5.69 Å². The molecule has 0 spiro atoms. The Morgan fingerprint density at radius 3 is 3.00 bits per heavy atom. The highest BCUT2D eigenvalue weighted by molar-refractivity contribution is 5.91. The molecule has 0 bridgehead atoms. The van der Waals surface area contributed by atoms with Crippen molar-refractivity contribution in [1.82, 2.24) is 15.3 Å². The van der Waals surface area contributed by atoms with Gasteiger partial charge in [0.15, 0.2) is 0 Å². The minimum atomic E-state index is -0.201. The van der Waals surface area contributed by atoms with Crippen molar-refractivity contribution in [2.75, 3.05) is 13.2 Å². The average Bonchev–Trinajstić information content (AvgIpc) is 2.46. The van der Waals surface area contributed by atoms with Crippen molar-refractivity contribution in [3.63, 3.8) is 0 Å². The number of aromatic nitrogens is 2. The number of nitrogens with zero attached hydrogens (tertiary/aromatic N) is 2. The summed E-state index contributed by atoms with van der Waals surface area (Å²) in [4.78, 5) is 19.5. The maximum atomic E-state index is 11.7. The number of carbonyl (C=O) groups excluding carboxylic acids is 1. The molecule has 1 aromatic rings. The third-order valence-electron chi connectivity index (χ3n) is 3.55. The number of carbonyl (C=O) groups is 1. The molecule has 104 valence electrons. The molecule has 0 radical (unpaired) electrons. The third-order valence-corrected chi connectivity index (χ3v) is 3.55. The largest absolute Gasteiger partial charge is 0.376 e. The van der Waals surface area contributed by atoms with E-state index in [1.807, 2.05) is 0 Å². The molecule has 2 atom stereocenters. The molecular weight excluding hydrogens is 242 g/mol. The van der Waals surface area contributed by atoms with E-state index in [0.717, 1.165) is 6.42 Å². The van der Waals surface area contributed by atoms with Gasteiger partial charge >= 0.3 is 0 Å². The van der Waals surface area contributed by atoms with Crippen molar-refractivity contribution in [2.45, 2.75) is 38.7 Å². The molecule has 5 nitrogen and oxygen atoms in total. The predicted molar refractivity (Wildman–Crippen MR) is 71.7 cm³/mol. The van der Waals surface area contributed by atoms with Gasteiger partial charge in [-0.25, -0.2) is 4.98 Å². The van der Waals surface area contributed by atoms with Crippen LogP contribution in [0.3, 0.4) is 0 Å². The fourth-order valence-electron chi connectivity index (χ4n) is 2.41. The van der Waals surface area contributed by atoms with Gasteiger partial charge in [-0.15, -0.1) is 0 Å². The lowest BCUT2D eigenvalue weighted by Gasteiger charge is -2.28. The molecule has 2 rings (SSSR count). The lowest BCUT2D eigenvalue weighted by Crippen LogP contribution is -2.32. The van der Waals surface area contributed by atoms with Crippen molar-refractivity contribution in [3.05, 3.63) is 24.3 Å². The first-order valence-corrected chi connectivity index (χ1v) is 6.93. The molecule has 19 heavy (non-hydrogen) atoms. The summed E-state index contributed by atoms with van der Waals surface area (Å²) in [7, 11) is 0. The summed E-state index contributed by atoms with van der Waals surface area (Å²) < 4.78 is 5.83. The van der Waals surface area contributed by atoms with Crippen molar-refractivity contribution in [3.8, 4) is 0 Å². The number of hydrogen-bond acceptors (Lipinski definition) is 4. The highest BCUT2D eigenvalue weighted by Gasteiger charge is 2.21. The Morgan fingerprint density at radius 1 is 1.42 bits per heavy atom. The molecule has 0 aromatic carbocycles. The monoisotopic (exact) mass is 263 g/mol. The van der Waals surface area contributed by atoms with Crippen molar-refractivity contribution in [1.29, 1.82) is 0 Å².